The summed E-state index contributed by atoms with van der Waals surface area (Å²) in [5.41, 5.74) is 7.56. The number of nitrogens with one attached hydrogen (secondary N) is 1. The Hall–Kier alpha value is -2.12. The number of morpholine rings is 1. The van der Waals surface area contributed by atoms with Crippen LogP contribution in [0, 0.1) is 11.3 Å². The molecule has 154 valence electrons. The van der Waals surface area contributed by atoms with Gasteiger partial charge in [-0.2, -0.15) is 0 Å². The van der Waals surface area contributed by atoms with Crippen LogP contribution in [0.25, 0.3) is 0 Å². The molecule has 1 aliphatic carbocycles. The quantitative estimate of drug-likeness (QED) is 0.750. The highest BCUT2D eigenvalue weighted by Crippen LogP contribution is 2.32. The fourth-order valence-corrected chi connectivity index (χ4v) is 3.26. The third kappa shape index (κ3) is 5.69. The number of urea groups is 1. The Morgan fingerprint density at radius 3 is 2.43 bits per heavy atom. The van der Waals surface area contributed by atoms with Gasteiger partial charge in [-0.15, -0.1) is 0 Å². The smallest absolute Gasteiger partial charge is 0.321 e. The monoisotopic (exact) mass is 388 g/mol. The van der Waals surface area contributed by atoms with E-state index in [1.165, 1.54) is 0 Å². The molecular formula is C21H32N4O3. The van der Waals surface area contributed by atoms with Crippen molar-refractivity contribution in [1.29, 1.82) is 0 Å². The maximum atomic E-state index is 12.7. The summed E-state index contributed by atoms with van der Waals surface area (Å²) < 4.78 is 5.27. The van der Waals surface area contributed by atoms with Gasteiger partial charge < -0.3 is 25.6 Å². The van der Waals surface area contributed by atoms with Crippen molar-refractivity contribution in [2.75, 3.05) is 44.7 Å². The molecule has 0 atom stereocenters. The third-order valence-corrected chi connectivity index (χ3v) is 5.29. The van der Waals surface area contributed by atoms with Crippen molar-refractivity contribution in [3.05, 3.63) is 29.8 Å². The van der Waals surface area contributed by atoms with E-state index in [1.807, 2.05) is 29.2 Å². The predicted octanol–water partition coefficient (Wildman–Crippen LogP) is 2.27. The molecule has 0 spiro atoms. The normalized spacial score (nSPS) is 17.3. The minimum absolute atomic E-state index is 0.105. The summed E-state index contributed by atoms with van der Waals surface area (Å²) in [7, 11) is 0. The van der Waals surface area contributed by atoms with E-state index in [9.17, 15) is 9.59 Å². The lowest BCUT2D eigenvalue weighted by Gasteiger charge is -2.32. The van der Waals surface area contributed by atoms with E-state index in [0.29, 0.717) is 45.9 Å². The molecule has 1 saturated heterocycles. The van der Waals surface area contributed by atoms with Crippen molar-refractivity contribution in [3.8, 4) is 0 Å². The van der Waals surface area contributed by atoms with E-state index in [-0.39, 0.29) is 23.3 Å². The lowest BCUT2D eigenvalue weighted by molar-refractivity contribution is -0.134. The minimum Gasteiger partial charge on any atom is -0.378 e. The van der Waals surface area contributed by atoms with Crippen molar-refractivity contribution in [2.45, 2.75) is 33.2 Å². The van der Waals surface area contributed by atoms with Gasteiger partial charge in [0.15, 0.2) is 0 Å². The van der Waals surface area contributed by atoms with E-state index in [0.717, 1.165) is 24.1 Å². The molecular weight excluding hydrogens is 356 g/mol. The highest BCUT2D eigenvalue weighted by molar-refractivity contribution is 5.89. The number of hydrogen-bond donors (Lipinski definition) is 2. The summed E-state index contributed by atoms with van der Waals surface area (Å²) in [5.74, 6) is 0.409. The van der Waals surface area contributed by atoms with Gasteiger partial charge in [-0.1, -0.05) is 26.0 Å². The molecule has 1 aromatic rings. The largest absolute Gasteiger partial charge is 0.378 e. The Balaban J connectivity index is 1.60. The Bertz CT molecular complexity index is 679. The van der Waals surface area contributed by atoms with Crippen LogP contribution in [0.3, 0.4) is 0 Å². The van der Waals surface area contributed by atoms with Crippen LogP contribution in [-0.2, 0) is 16.1 Å². The number of nitrogens with two attached hydrogens (primary N) is 1. The predicted molar refractivity (Wildman–Crippen MR) is 109 cm³/mol. The molecule has 0 unspecified atom stereocenters. The number of carbonyl (C=O) groups excluding carboxylic acids is 2. The highest BCUT2D eigenvalue weighted by atomic mass is 16.5. The SMILES string of the molecule is CC(C)(CN)CN(Cc1ccc(NC(=O)N2CCOCC2)cc1)C(=O)C1CC1. The van der Waals surface area contributed by atoms with Crippen LogP contribution >= 0.6 is 0 Å². The van der Waals surface area contributed by atoms with Crippen molar-refractivity contribution >= 4 is 17.6 Å². The zero-order valence-electron chi connectivity index (χ0n) is 16.9. The molecule has 2 aliphatic rings. The Morgan fingerprint density at radius 2 is 1.86 bits per heavy atom. The molecule has 1 heterocycles. The first kappa shape index (κ1) is 20.6. The Labute approximate surface area is 167 Å². The summed E-state index contributed by atoms with van der Waals surface area (Å²) >= 11 is 0. The Morgan fingerprint density at radius 1 is 1.21 bits per heavy atom. The number of carbonyl (C=O) groups is 2. The average molecular weight is 389 g/mol. The molecule has 7 nitrogen and oxygen atoms in total. The van der Waals surface area contributed by atoms with Crippen LogP contribution in [0.15, 0.2) is 24.3 Å². The van der Waals surface area contributed by atoms with Gasteiger partial charge in [0.25, 0.3) is 0 Å². The van der Waals surface area contributed by atoms with Crippen molar-refractivity contribution in [2.24, 2.45) is 17.1 Å². The highest BCUT2D eigenvalue weighted by Gasteiger charge is 2.35. The topological polar surface area (TPSA) is 87.9 Å². The fourth-order valence-electron chi connectivity index (χ4n) is 3.26. The second kappa shape index (κ2) is 8.92. The standard InChI is InChI=1S/C21H32N4O3/c1-21(2,14-22)15-25(19(26)17-5-6-17)13-16-3-7-18(8-4-16)23-20(27)24-9-11-28-12-10-24/h3-4,7-8,17H,5-6,9-15,22H2,1-2H3,(H,23,27). The van der Waals surface area contributed by atoms with Gasteiger partial charge in [0, 0.05) is 37.8 Å². The van der Waals surface area contributed by atoms with Crippen LogP contribution in [0.5, 0.6) is 0 Å². The third-order valence-electron chi connectivity index (χ3n) is 5.29. The minimum atomic E-state index is -0.114. The number of rotatable bonds is 7. The second-order valence-corrected chi connectivity index (χ2v) is 8.56. The molecule has 0 radical (unpaired) electrons. The summed E-state index contributed by atoms with van der Waals surface area (Å²) in [5, 5.41) is 2.92. The van der Waals surface area contributed by atoms with E-state index in [2.05, 4.69) is 19.2 Å². The lowest BCUT2D eigenvalue weighted by atomic mass is 9.92. The van der Waals surface area contributed by atoms with Gasteiger partial charge in [-0.3, -0.25) is 4.79 Å². The number of amides is 3. The first-order chi connectivity index (χ1) is 13.4. The summed E-state index contributed by atoms with van der Waals surface area (Å²) in [4.78, 5) is 28.7. The van der Waals surface area contributed by atoms with Crippen LogP contribution in [-0.4, -0.2) is 61.1 Å². The van der Waals surface area contributed by atoms with Crippen LogP contribution in [0.1, 0.15) is 32.3 Å². The molecule has 7 heteroatoms. The molecule has 0 bridgehead atoms. The van der Waals surface area contributed by atoms with Gasteiger partial charge in [0.05, 0.1) is 13.2 Å². The second-order valence-electron chi connectivity index (χ2n) is 8.56. The van der Waals surface area contributed by atoms with Gasteiger partial charge in [0.2, 0.25) is 5.91 Å². The first-order valence-electron chi connectivity index (χ1n) is 10.1. The molecule has 28 heavy (non-hydrogen) atoms. The molecule has 1 saturated carbocycles. The molecule has 1 aromatic carbocycles. The number of benzene rings is 1. The van der Waals surface area contributed by atoms with Gasteiger partial charge in [-0.05, 0) is 42.5 Å². The van der Waals surface area contributed by atoms with Crippen molar-refractivity contribution in [1.82, 2.24) is 9.80 Å². The maximum absolute atomic E-state index is 12.7. The number of ether oxygens (including phenoxy) is 1. The molecule has 3 amide bonds. The van der Waals surface area contributed by atoms with E-state index in [1.54, 1.807) is 4.90 Å². The van der Waals surface area contributed by atoms with Crippen LogP contribution < -0.4 is 11.1 Å². The zero-order valence-corrected chi connectivity index (χ0v) is 16.9. The number of nitrogens with zero attached hydrogens (tertiary/aromatic N) is 2. The molecule has 1 aliphatic heterocycles. The van der Waals surface area contributed by atoms with Gasteiger partial charge in [-0.25, -0.2) is 4.79 Å². The average Bonchev–Trinajstić information content (AvgIpc) is 3.54. The van der Waals surface area contributed by atoms with Gasteiger partial charge in [0.1, 0.15) is 0 Å². The number of hydrogen-bond acceptors (Lipinski definition) is 4. The molecule has 0 aromatic heterocycles. The fraction of sp³-hybridized carbons (Fsp3) is 0.619. The summed E-state index contributed by atoms with van der Waals surface area (Å²) in [6.45, 7) is 8.30. The molecule has 3 rings (SSSR count). The van der Waals surface area contributed by atoms with E-state index < -0.39 is 0 Å². The van der Waals surface area contributed by atoms with Gasteiger partial charge >= 0.3 is 6.03 Å². The first-order valence-corrected chi connectivity index (χ1v) is 10.1. The maximum Gasteiger partial charge on any atom is 0.321 e. The summed E-state index contributed by atoms with van der Waals surface area (Å²) in [6, 6.07) is 7.62. The van der Waals surface area contributed by atoms with E-state index in [4.69, 9.17) is 10.5 Å². The van der Waals surface area contributed by atoms with Crippen molar-refractivity contribution < 1.29 is 14.3 Å². The zero-order chi connectivity index (χ0) is 20.1. The van der Waals surface area contributed by atoms with E-state index >= 15 is 0 Å². The number of anilines is 1. The van der Waals surface area contributed by atoms with Crippen LogP contribution in [0.2, 0.25) is 0 Å². The van der Waals surface area contributed by atoms with Crippen molar-refractivity contribution in [3.63, 3.8) is 0 Å². The molecule has 2 fully saturated rings. The summed E-state index contributed by atoms with van der Waals surface area (Å²) in [6.07, 6.45) is 1.98. The Kier molecular flexibility index (Phi) is 6.57. The lowest BCUT2D eigenvalue weighted by Crippen LogP contribution is -2.43. The van der Waals surface area contributed by atoms with Crippen LogP contribution in [0.4, 0.5) is 10.5 Å². The molecule has 3 N–H and O–H groups in total.